The van der Waals surface area contributed by atoms with Gasteiger partial charge in [0.15, 0.2) is 12.4 Å². The smallest absolute Gasteiger partial charge is 0.306 e. The number of aliphatic hydroxyl groups excluding tert-OH is 5. The molecule has 458 valence electrons. The van der Waals surface area contributed by atoms with Gasteiger partial charge in [0.25, 0.3) is 0 Å². The van der Waals surface area contributed by atoms with Gasteiger partial charge in [0.05, 0.1) is 25.4 Å². The second kappa shape index (κ2) is 55.8. The van der Waals surface area contributed by atoms with E-state index in [4.69, 9.17) is 14.2 Å². The van der Waals surface area contributed by atoms with Crippen LogP contribution in [0.25, 0.3) is 0 Å². The number of carbonyl (C=O) groups excluding carboxylic acids is 2. The predicted octanol–water partition coefficient (Wildman–Crippen LogP) is 15.7. The molecule has 0 aromatic heterocycles. The molecule has 1 fully saturated rings. The molecule has 1 rings (SSSR count). The number of amides is 1. The summed E-state index contributed by atoms with van der Waals surface area (Å²) in [5.74, 6) is -1.24. The molecule has 0 aromatic carbocycles. The molecule has 1 aliphatic heterocycles. The fourth-order valence-electron chi connectivity index (χ4n) is 9.41. The van der Waals surface area contributed by atoms with E-state index in [1.54, 1.807) is 6.08 Å². The average Bonchev–Trinajstić information content (AvgIpc) is 3.46. The van der Waals surface area contributed by atoms with Crippen LogP contribution in [0.4, 0.5) is 0 Å². The summed E-state index contributed by atoms with van der Waals surface area (Å²) in [7, 11) is 0. The Morgan fingerprint density at radius 1 is 0.512 bits per heavy atom. The molecule has 1 saturated heterocycles. The Morgan fingerprint density at radius 2 is 0.950 bits per heavy atom. The van der Waals surface area contributed by atoms with Crippen molar-refractivity contribution < 1.29 is 49.3 Å². The molecular weight excluding hydrogens is 1000 g/mol. The van der Waals surface area contributed by atoms with Crippen molar-refractivity contribution in [1.82, 2.24) is 5.32 Å². The number of hydrogen-bond acceptors (Lipinski definition) is 10. The van der Waals surface area contributed by atoms with E-state index in [0.29, 0.717) is 12.8 Å². The molecule has 8 atom stereocenters. The first-order chi connectivity index (χ1) is 39.2. The van der Waals surface area contributed by atoms with Crippen molar-refractivity contribution in [2.24, 2.45) is 0 Å². The second-order valence-electron chi connectivity index (χ2n) is 21.8. The van der Waals surface area contributed by atoms with Crippen LogP contribution in [-0.2, 0) is 23.8 Å². The molecule has 11 heteroatoms. The van der Waals surface area contributed by atoms with Gasteiger partial charge in [-0.1, -0.05) is 265 Å². The van der Waals surface area contributed by atoms with Crippen LogP contribution < -0.4 is 5.32 Å². The zero-order chi connectivity index (χ0) is 58.2. The predicted molar refractivity (Wildman–Crippen MR) is 333 cm³/mol. The first-order valence-corrected chi connectivity index (χ1v) is 32.2. The molecule has 0 aromatic rings. The van der Waals surface area contributed by atoms with Crippen LogP contribution in [0.2, 0.25) is 0 Å². The molecule has 6 N–H and O–H groups in total. The summed E-state index contributed by atoms with van der Waals surface area (Å²) in [5, 5.41) is 56.9. The Bertz CT molecular complexity index is 1710. The summed E-state index contributed by atoms with van der Waals surface area (Å²) < 4.78 is 17.6. The number of unbranched alkanes of at least 4 members (excludes halogenated alkanes) is 26. The fourth-order valence-corrected chi connectivity index (χ4v) is 9.41. The number of esters is 1. The molecule has 1 heterocycles. The Hall–Kier alpha value is -3.68. The van der Waals surface area contributed by atoms with E-state index in [9.17, 15) is 35.1 Å². The molecule has 0 saturated carbocycles. The maximum absolute atomic E-state index is 13.4. The lowest BCUT2D eigenvalue weighted by Crippen LogP contribution is -2.61. The standard InChI is InChI=1S/C69H117NO10/c1-4-7-10-13-16-19-22-25-26-27-28-29-30-31-32-33-34-35-36-37-38-39-42-45-48-51-54-57-64(74)80-67-66(76)65(75)63(58-71)79-69(67)78-59-60(61(72)55-52-49-46-43-40-23-20-17-14-11-8-5-2)70-68(77)62(73)56-53-50-47-44-41-24-21-18-15-12-9-6-3/h9,12,15-16,18-19,21,24-26,28-29,31-32,41,44,52,55,60-63,65-67,69,71-73,75-76H,4-8,10-11,13-14,17,20,22-23,27,30,33-40,42-43,45-51,53-54,56-59H2,1-3H3,(H,70,77)/b12-9+,18-15+,19-16-,24-21-,26-25-,29-28-,32-31-,44-41-,55-52+. The average molecular weight is 1120 g/mol. The van der Waals surface area contributed by atoms with Crippen molar-refractivity contribution in [3.05, 3.63) is 109 Å². The number of hydrogen-bond donors (Lipinski definition) is 6. The van der Waals surface area contributed by atoms with E-state index in [2.05, 4.69) is 80.8 Å². The Balaban J connectivity index is 2.59. The van der Waals surface area contributed by atoms with Gasteiger partial charge in [-0.2, -0.15) is 0 Å². The highest BCUT2D eigenvalue weighted by Crippen LogP contribution is 2.26. The molecule has 1 amide bonds. The maximum atomic E-state index is 13.4. The van der Waals surface area contributed by atoms with E-state index >= 15 is 0 Å². The quantitative estimate of drug-likeness (QED) is 0.0149. The molecular formula is C69H117NO10. The summed E-state index contributed by atoms with van der Waals surface area (Å²) in [6, 6.07) is -1.05. The minimum Gasteiger partial charge on any atom is -0.454 e. The number of aliphatic hydroxyl groups is 5. The van der Waals surface area contributed by atoms with Crippen molar-refractivity contribution in [2.75, 3.05) is 13.2 Å². The lowest BCUT2D eigenvalue weighted by Gasteiger charge is -2.41. The van der Waals surface area contributed by atoms with Crippen LogP contribution in [0.15, 0.2) is 109 Å². The zero-order valence-corrected chi connectivity index (χ0v) is 50.7. The molecule has 0 aliphatic carbocycles. The van der Waals surface area contributed by atoms with Crippen LogP contribution in [0.3, 0.4) is 0 Å². The number of allylic oxidation sites excluding steroid dienone is 17. The second-order valence-corrected chi connectivity index (χ2v) is 21.8. The first kappa shape index (κ1) is 74.3. The van der Waals surface area contributed by atoms with Crippen molar-refractivity contribution >= 4 is 11.9 Å². The number of ether oxygens (including phenoxy) is 3. The van der Waals surface area contributed by atoms with Gasteiger partial charge in [0.1, 0.15) is 24.4 Å². The Labute approximate surface area is 488 Å². The van der Waals surface area contributed by atoms with Gasteiger partial charge in [0.2, 0.25) is 5.91 Å². The number of carbonyl (C=O) groups is 2. The van der Waals surface area contributed by atoms with Gasteiger partial charge in [-0.25, -0.2) is 0 Å². The van der Waals surface area contributed by atoms with Crippen molar-refractivity contribution in [1.29, 1.82) is 0 Å². The molecule has 0 bridgehead atoms. The van der Waals surface area contributed by atoms with Gasteiger partial charge in [-0.3, -0.25) is 9.59 Å². The lowest BCUT2D eigenvalue weighted by molar-refractivity contribution is -0.305. The SMILES string of the molecule is CC/C=C/C=C/C=C\C=C/CCCCC(O)C(=O)NC(COC1OC(CO)C(O)C(O)C1OC(=O)CCCCCCCCCCCCC/C=C\C/C=C\C/C=C\C/C=C\CCCCC)C(O)/C=C/CCCCCCCCCCCC. The van der Waals surface area contributed by atoms with Crippen LogP contribution in [-0.4, -0.2) is 99.6 Å². The monoisotopic (exact) mass is 1120 g/mol. The molecule has 0 spiro atoms. The number of rotatable bonds is 53. The summed E-state index contributed by atoms with van der Waals surface area (Å²) in [5.41, 5.74) is 0. The topological polar surface area (TPSA) is 175 Å². The molecule has 1 aliphatic rings. The van der Waals surface area contributed by atoms with Crippen LogP contribution in [0.5, 0.6) is 0 Å². The number of nitrogens with one attached hydrogen (secondary N) is 1. The van der Waals surface area contributed by atoms with E-state index in [0.717, 1.165) is 96.3 Å². The third kappa shape index (κ3) is 43.1. The maximum Gasteiger partial charge on any atom is 0.306 e. The highest BCUT2D eigenvalue weighted by Gasteiger charge is 2.47. The van der Waals surface area contributed by atoms with Gasteiger partial charge in [0, 0.05) is 6.42 Å². The molecule has 80 heavy (non-hydrogen) atoms. The van der Waals surface area contributed by atoms with Crippen molar-refractivity contribution in [3.8, 4) is 0 Å². The minimum atomic E-state index is -1.63. The fraction of sp³-hybridized carbons (Fsp3) is 0.710. The molecule has 0 radical (unpaired) electrons. The molecule has 11 nitrogen and oxygen atoms in total. The first-order valence-electron chi connectivity index (χ1n) is 32.2. The van der Waals surface area contributed by atoms with E-state index in [1.165, 1.54) is 109 Å². The van der Waals surface area contributed by atoms with Crippen molar-refractivity contribution in [2.45, 2.75) is 301 Å². The van der Waals surface area contributed by atoms with E-state index in [1.807, 2.05) is 48.6 Å². The third-order valence-corrected chi connectivity index (χ3v) is 14.5. The normalized spacial score (nSPS) is 19.5. The Kier molecular flexibility index (Phi) is 51.9. The van der Waals surface area contributed by atoms with E-state index in [-0.39, 0.29) is 19.4 Å². The zero-order valence-electron chi connectivity index (χ0n) is 50.7. The van der Waals surface area contributed by atoms with Gasteiger partial charge < -0.3 is 45.1 Å². The van der Waals surface area contributed by atoms with Gasteiger partial charge in [-0.15, -0.1) is 0 Å². The summed E-state index contributed by atoms with van der Waals surface area (Å²) >= 11 is 0. The summed E-state index contributed by atoms with van der Waals surface area (Å²) in [6.45, 7) is 5.58. The van der Waals surface area contributed by atoms with Gasteiger partial charge >= 0.3 is 5.97 Å². The Morgan fingerprint density at radius 3 is 1.49 bits per heavy atom. The third-order valence-electron chi connectivity index (χ3n) is 14.5. The summed E-state index contributed by atoms with van der Waals surface area (Å²) in [4.78, 5) is 26.5. The summed E-state index contributed by atoms with van der Waals surface area (Å²) in [6.07, 6.45) is 65.7. The highest BCUT2D eigenvalue weighted by molar-refractivity contribution is 5.80. The highest BCUT2D eigenvalue weighted by atomic mass is 16.7. The van der Waals surface area contributed by atoms with Gasteiger partial charge in [-0.05, 0) is 89.9 Å². The van der Waals surface area contributed by atoms with Crippen LogP contribution in [0, 0.1) is 0 Å². The molecule has 8 unspecified atom stereocenters. The lowest BCUT2D eigenvalue weighted by atomic mass is 9.99. The van der Waals surface area contributed by atoms with Crippen LogP contribution >= 0.6 is 0 Å². The minimum absolute atomic E-state index is 0.109. The van der Waals surface area contributed by atoms with Crippen LogP contribution in [0.1, 0.15) is 252 Å². The largest absolute Gasteiger partial charge is 0.454 e. The van der Waals surface area contributed by atoms with Crippen molar-refractivity contribution in [3.63, 3.8) is 0 Å². The van der Waals surface area contributed by atoms with E-state index < -0.39 is 67.4 Å².